The summed E-state index contributed by atoms with van der Waals surface area (Å²) in [5.74, 6) is 0.265. The predicted octanol–water partition coefficient (Wildman–Crippen LogP) is 2.26. The first kappa shape index (κ1) is 23.1. The Balaban J connectivity index is 1.42. The molecule has 1 aliphatic rings. The van der Waals surface area contributed by atoms with E-state index in [0.717, 1.165) is 11.1 Å². The van der Waals surface area contributed by atoms with E-state index < -0.39 is 0 Å². The summed E-state index contributed by atoms with van der Waals surface area (Å²) in [7, 11) is 1.53. The van der Waals surface area contributed by atoms with Gasteiger partial charge in [0.2, 0.25) is 11.9 Å². The molecule has 4 rings (SSSR count). The number of ether oxygens (including phenoxy) is 2. The van der Waals surface area contributed by atoms with Crippen LogP contribution in [0.3, 0.4) is 0 Å². The van der Waals surface area contributed by atoms with Crippen LogP contribution >= 0.6 is 0 Å². The van der Waals surface area contributed by atoms with Crippen LogP contribution in [0.15, 0.2) is 54.9 Å². The van der Waals surface area contributed by atoms with Crippen molar-refractivity contribution in [2.24, 2.45) is 0 Å². The van der Waals surface area contributed by atoms with Crippen molar-refractivity contribution >= 4 is 29.1 Å². The van der Waals surface area contributed by atoms with Gasteiger partial charge in [0.25, 0.3) is 5.91 Å². The first-order chi connectivity index (χ1) is 16.5. The van der Waals surface area contributed by atoms with E-state index in [1.807, 2.05) is 17.0 Å². The normalized spacial score (nSPS) is 13.8. The van der Waals surface area contributed by atoms with Gasteiger partial charge in [-0.25, -0.2) is 9.97 Å². The third kappa shape index (κ3) is 5.85. The van der Waals surface area contributed by atoms with Crippen molar-refractivity contribution in [2.45, 2.75) is 0 Å². The molecule has 176 valence electrons. The Hall–Kier alpha value is -4.02. The molecule has 1 saturated heterocycles. The Kier molecular flexibility index (Phi) is 7.31. The van der Waals surface area contributed by atoms with E-state index in [-0.39, 0.29) is 24.3 Å². The molecule has 2 amide bonds. The first-order valence-corrected chi connectivity index (χ1v) is 10.8. The fraction of sp³-hybridized carbons (Fsp3) is 0.250. The topological polar surface area (TPSA) is 132 Å². The van der Waals surface area contributed by atoms with E-state index in [0.29, 0.717) is 49.0 Å². The number of amides is 2. The number of nitrogens with one attached hydrogen (secondary N) is 2. The van der Waals surface area contributed by atoms with Crippen LogP contribution < -0.4 is 21.1 Å². The number of methoxy groups -OCH3 is 1. The summed E-state index contributed by atoms with van der Waals surface area (Å²) in [5.41, 5.74) is 8.69. The molecule has 3 aromatic rings. The number of nitrogens with two attached hydrogens (primary N) is 1. The molecule has 0 saturated carbocycles. The highest BCUT2D eigenvalue weighted by molar-refractivity contribution is 6.05. The third-order valence-corrected chi connectivity index (χ3v) is 5.35. The molecule has 10 heteroatoms. The van der Waals surface area contributed by atoms with Gasteiger partial charge in [-0.05, 0) is 35.9 Å². The Labute approximate surface area is 197 Å². The van der Waals surface area contributed by atoms with Crippen molar-refractivity contribution < 1.29 is 19.1 Å². The highest BCUT2D eigenvalue weighted by Gasteiger charge is 2.16. The summed E-state index contributed by atoms with van der Waals surface area (Å²) in [6.07, 6.45) is 3.26. The molecule has 1 fully saturated rings. The van der Waals surface area contributed by atoms with Crippen LogP contribution in [0.5, 0.6) is 5.75 Å². The minimum absolute atomic E-state index is 0.161. The largest absolute Gasteiger partial charge is 0.495 e. The van der Waals surface area contributed by atoms with E-state index >= 15 is 0 Å². The van der Waals surface area contributed by atoms with Crippen LogP contribution in [0, 0.1) is 0 Å². The zero-order chi connectivity index (χ0) is 23.9. The summed E-state index contributed by atoms with van der Waals surface area (Å²) < 4.78 is 10.7. The Morgan fingerprint density at radius 1 is 1.03 bits per heavy atom. The van der Waals surface area contributed by atoms with Gasteiger partial charge in [-0.15, -0.1) is 0 Å². The Bertz CT molecular complexity index is 1150. The number of morpholine rings is 1. The van der Waals surface area contributed by atoms with E-state index in [9.17, 15) is 9.59 Å². The minimum Gasteiger partial charge on any atom is -0.495 e. The molecule has 1 aliphatic heterocycles. The van der Waals surface area contributed by atoms with Gasteiger partial charge in [-0.1, -0.05) is 12.1 Å². The first-order valence-electron chi connectivity index (χ1n) is 10.8. The van der Waals surface area contributed by atoms with Crippen LogP contribution in [0.4, 0.5) is 17.3 Å². The van der Waals surface area contributed by atoms with Gasteiger partial charge in [0.1, 0.15) is 5.75 Å². The number of hydrogen-bond acceptors (Lipinski definition) is 8. The SMILES string of the molecule is COc1ccc(NC(=O)c2ccc(-c3cnc(N)nc3)cc2)cc1NC(=O)CN1CCOCC1. The fourth-order valence-electron chi connectivity index (χ4n) is 3.54. The summed E-state index contributed by atoms with van der Waals surface area (Å²) in [4.78, 5) is 35.3. The van der Waals surface area contributed by atoms with Crippen LogP contribution in [0.25, 0.3) is 11.1 Å². The zero-order valence-electron chi connectivity index (χ0n) is 18.8. The van der Waals surface area contributed by atoms with Gasteiger partial charge in [-0.3, -0.25) is 14.5 Å². The van der Waals surface area contributed by atoms with Gasteiger partial charge < -0.3 is 25.8 Å². The maximum Gasteiger partial charge on any atom is 0.255 e. The van der Waals surface area contributed by atoms with Crippen molar-refractivity contribution in [1.29, 1.82) is 0 Å². The molecule has 0 unspecified atom stereocenters. The lowest BCUT2D eigenvalue weighted by molar-refractivity contribution is -0.118. The molecule has 4 N–H and O–H groups in total. The van der Waals surface area contributed by atoms with Crippen LogP contribution in [-0.2, 0) is 9.53 Å². The summed E-state index contributed by atoms with van der Waals surface area (Å²) >= 11 is 0. The number of aromatic nitrogens is 2. The Morgan fingerprint density at radius 2 is 1.74 bits per heavy atom. The summed E-state index contributed by atoms with van der Waals surface area (Å²) in [6, 6.07) is 12.2. The number of carbonyl (C=O) groups is 2. The van der Waals surface area contributed by atoms with E-state index in [4.69, 9.17) is 15.2 Å². The molecule has 1 aromatic heterocycles. The number of nitrogens with zero attached hydrogens (tertiary/aromatic N) is 3. The highest BCUT2D eigenvalue weighted by Crippen LogP contribution is 2.28. The van der Waals surface area contributed by atoms with E-state index in [1.54, 1.807) is 42.7 Å². The maximum absolute atomic E-state index is 12.8. The van der Waals surface area contributed by atoms with Crippen molar-refractivity contribution in [3.8, 4) is 16.9 Å². The molecular formula is C24H26N6O4. The van der Waals surface area contributed by atoms with Gasteiger partial charge >= 0.3 is 0 Å². The predicted molar refractivity (Wildman–Crippen MR) is 129 cm³/mol. The molecule has 0 spiro atoms. The molecule has 2 heterocycles. The lowest BCUT2D eigenvalue weighted by atomic mass is 10.1. The second-order valence-electron chi connectivity index (χ2n) is 7.71. The molecule has 0 radical (unpaired) electrons. The van der Waals surface area contributed by atoms with Crippen LogP contribution in [-0.4, -0.2) is 66.6 Å². The van der Waals surface area contributed by atoms with Crippen molar-refractivity contribution in [3.05, 3.63) is 60.4 Å². The van der Waals surface area contributed by atoms with Crippen LogP contribution in [0.2, 0.25) is 0 Å². The molecule has 34 heavy (non-hydrogen) atoms. The second kappa shape index (κ2) is 10.7. The van der Waals surface area contributed by atoms with E-state index in [2.05, 4.69) is 20.6 Å². The van der Waals surface area contributed by atoms with Crippen molar-refractivity contribution in [1.82, 2.24) is 14.9 Å². The Morgan fingerprint density at radius 3 is 2.41 bits per heavy atom. The van der Waals surface area contributed by atoms with Crippen molar-refractivity contribution in [3.63, 3.8) is 0 Å². The zero-order valence-corrected chi connectivity index (χ0v) is 18.8. The quantitative estimate of drug-likeness (QED) is 0.487. The summed E-state index contributed by atoms with van der Waals surface area (Å²) in [6.45, 7) is 2.92. The summed E-state index contributed by atoms with van der Waals surface area (Å²) in [5, 5.41) is 5.73. The second-order valence-corrected chi connectivity index (χ2v) is 7.71. The number of carbonyl (C=O) groups excluding carboxylic acids is 2. The van der Waals surface area contributed by atoms with Gasteiger partial charge in [0, 0.05) is 42.3 Å². The van der Waals surface area contributed by atoms with E-state index in [1.165, 1.54) is 7.11 Å². The molecular weight excluding hydrogens is 436 g/mol. The highest BCUT2D eigenvalue weighted by atomic mass is 16.5. The molecule has 10 nitrogen and oxygen atoms in total. The average molecular weight is 463 g/mol. The van der Waals surface area contributed by atoms with Gasteiger partial charge in [0.15, 0.2) is 0 Å². The maximum atomic E-state index is 12.8. The smallest absolute Gasteiger partial charge is 0.255 e. The average Bonchev–Trinajstić information content (AvgIpc) is 2.85. The lowest BCUT2D eigenvalue weighted by Crippen LogP contribution is -2.41. The third-order valence-electron chi connectivity index (χ3n) is 5.35. The molecule has 0 aliphatic carbocycles. The molecule has 0 atom stereocenters. The van der Waals surface area contributed by atoms with Crippen LogP contribution in [0.1, 0.15) is 10.4 Å². The minimum atomic E-state index is -0.282. The number of nitrogen functional groups attached to an aromatic ring is 1. The number of benzene rings is 2. The number of hydrogen-bond donors (Lipinski definition) is 3. The van der Waals surface area contributed by atoms with Gasteiger partial charge in [-0.2, -0.15) is 0 Å². The molecule has 2 aromatic carbocycles. The fourth-order valence-corrected chi connectivity index (χ4v) is 3.54. The number of rotatable bonds is 7. The van der Waals surface area contributed by atoms with Crippen molar-refractivity contribution in [2.75, 3.05) is 56.3 Å². The molecule has 0 bridgehead atoms. The number of anilines is 3. The monoisotopic (exact) mass is 462 g/mol. The lowest BCUT2D eigenvalue weighted by Gasteiger charge is -2.26. The van der Waals surface area contributed by atoms with Gasteiger partial charge in [0.05, 0.1) is 32.6 Å². The standard InChI is InChI=1S/C24H26N6O4/c1-33-21-7-6-19(12-20(21)29-22(31)15-30-8-10-34-11-9-30)28-23(32)17-4-2-16(3-5-17)18-13-26-24(25)27-14-18/h2-7,12-14H,8-11,15H2,1H3,(H,28,32)(H,29,31)(H2,25,26,27).